The number of amides is 1. The number of nitrogens with one attached hydrogen (secondary N) is 1. The second kappa shape index (κ2) is 11.1. The molecule has 0 atom stereocenters. The van der Waals surface area contributed by atoms with Gasteiger partial charge in [-0.1, -0.05) is 36.1 Å². The number of fused-ring (bicyclic) bond motifs is 2. The Kier molecular flexibility index (Phi) is 7.68. The van der Waals surface area contributed by atoms with E-state index in [-0.39, 0.29) is 30.9 Å². The van der Waals surface area contributed by atoms with E-state index in [0.29, 0.717) is 50.9 Å². The summed E-state index contributed by atoms with van der Waals surface area (Å²) in [4.78, 5) is 33.6. The first-order chi connectivity index (χ1) is 18.3. The van der Waals surface area contributed by atoms with Crippen LogP contribution < -0.4 is 20.3 Å². The number of aromatic nitrogens is 2. The minimum absolute atomic E-state index is 0.149. The number of anilines is 1. The largest absolute Gasteiger partial charge is 0.454 e. The van der Waals surface area contributed by atoms with E-state index < -0.39 is 0 Å². The highest BCUT2D eigenvalue weighted by Gasteiger charge is 2.33. The van der Waals surface area contributed by atoms with Gasteiger partial charge in [-0.2, -0.15) is 0 Å². The van der Waals surface area contributed by atoms with Gasteiger partial charge < -0.3 is 19.5 Å². The Hall–Kier alpha value is -3.41. The quantitative estimate of drug-likeness (QED) is 0.236. The number of pyridine rings is 1. The van der Waals surface area contributed by atoms with E-state index in [1.165, 1.54) is 21.1 Å². The van der Waals surface area contributed by atoms with Crippen molar-refractivity contribution in [3.63, 3.8) is 0 Å². The zero-order chi connectivity index (χ0) is 26.8. The van der Waals surface area contributed by atoms with Crippen molar-refractivity contribution in [1.29, 1.82) is 0 Å². The van der Waals surface area contributed by atoms with Crippen LogP contribution in [0.15, 0.2) is 46.2 Å². The fraction of sp³-hybridized carbons (Fsp3) is 0.333. The molecule has 11 heteroatoms. The van der Waals surface area contributed by atoms with Gasteiger partial charge in [0, 0.05) is 19.3 Å². The van der Waals surface area contributed by atoms with Crippen molar-refractivity contribution < 1.29 is 19.0 Å². The minimum atomic E-state index is -0.263. The molecule has 4 heterocycles. The van der Waals surface area contributed by atoms with Gasteiger partial charge in [-0.25, -0.2) is 4.98 Å². The molecular formula is C27H28N4O5S2. The molecule has 1 amide bonds. The molecular weight excluding hydrogens is 524 g/mol. The maximum atomic E-state index is 13.6. The van der Waals surface area contributed by atoms with E-state index in [4.69, 9.17) is 31.4 Å². The first-order valence-electron chi connectivity index (χ1n) is 12.3. The molecule has 2 aliphatic heterocycles. The van der Waals surface area contributed by atoms with Crippen LogP contribution in [0.1, 0.15) is 37.0 Å². The van der Waals surface area contributed by atoms with Gasteiger partial charge in [0.2, 0.25) is 6.79 Å². The SMILES string of the molecule is Cc1cccn2c(=O)c(/C=C3\SC(=S)N(Cc4ccc5c(c4)OCO5)C3=O)c(NCCCOC(C)C)nc12. The van der Waals surface area contributed by atoms with Gasteiger partial charge in [0.1, 0.15) is 15.8 Å². The lowest BCUT2D eigenvalue weighted by molar-refractivity contribution is -0.122. The molecule has 0 saturated carbocycles. The number of carbonyl (C=O) groups is 1. The Bertz CT molecular complexity index is 1500. The van der Waals surface area contributed by atoms with Crippen LogP contribution >= 0.6 is 24.0 Å². The van der Waals surface area contributed by atoms with Crippen molar-refractivity contribution in [2.24, 2.45) is 0 Å². The zero-order valence-corrected chi connectivity index (χ0v) is 23.0. The van der Waals surface area contributed by atoms with Crippen LogP contribution in [0.3, 0.4) is 0 Å². The van der Waals surface area contributed by atoms with Crippen LogP contribution in [-0.4, -0.2) is 50.6 Å². The first-order valence-corrected chi connectivity index (χ1v) is 13.6. The molecule has 0 spiro atoms. The van der Waals surface area contributed by atoms with Crippen LogP contribution in [-0.2, 0) is 16.1 Å². The molecule has 2 aromatic heterocycles. The third-order valence-electron chi connectivity index (χ3n) is 6.08. The summed E-state index contributed by atoms with van der Waals surface area (Å²) in [5, 5.41) is 3.28. The number of aryl methyl sites for hydroxylation is 1. The number of carbonyl (C=O) groups excluding carboxylic acids is 1. The predicted molar refractivity (Wildman–Crippen MR) is 152 cm³/mol. The normalized spacial score (nSPS) is 15.9. The first kappa shape index (κ1) is 26.2. The molecule has 1 saturated heterocycles. The van der Waals surface area contributed by atoms with Crippen molar-refractivity contribution >= 4 is 51.7 Å². The lowest BCUT2D eigenvalue weighted by Gasteiger charge is -2.15. The zero-order valence-electron chi connectivity index (χ0n) is 21.4. The molecule has 0 radical (unpaired) electrons. The summed E-state index contributed by atoms with van der Waals surface area (Å²) >= 11 is 6.70. The highest BCUT2D eigenvalue weighted by atomic mass is 32.2. The van der Waals surface area contributed by atoms with E-state index in [2.05, 4.69) is 5.32 Å². The van der Waals surface area contributed by atoms with Gasteiger partial charge in [0.15, 0.2) is 11.5 Å². The van der Waals surface area contributed by atoms with Crippen molar-refractivity contribution in [2.75, 3.05) is 25.3 Å². The van der Waals surface area contributed by atoms with Crippen molar-refractivity contribution in [2.45, 2.75) is 39.8 Å². The molecule has 5 rings (SSSR count). The van der Waals surface area contributed by atoms with E-state index >= 15 is 0 Å². The average Bonchev–Trinajstić information content (AvgIpc) is 3.46. The maximum absolute atomic E-state index is 13.6. The van der Waals surface area contributed by atoms with Crippen LogP contribution in [0.5, 0.6) is 11.5 Å². The Morgan fingerprint density at radius 1 is 1.24 bits per heavy atom. The minimum Gasteiger partial charge on any atom is -0.454 e. The second-order valence-electron chi connectivity index (χ2n) is 9.22. The molecule has 1 N–H and O–H groups in total. The molecule has 1 fully saturated rings. The van der Waals surface area contributed by atoms with E-state index in [1.54, 1.807) is 18.3 Å². The summed E-state index contributed by atoms with van der Waals surface area (Å²) in [5.74, 6) is 1.48. The summed E-state index contributed by atoms with van der Waals surface area (Å²) < 4.78 is 18.4. The molecule has 0 aliphatic carbocycles. The number of thiocarbonyl (C=S) groups is 1. The van der Waals surface area contributed by atoms with Crippen LogP contribution in [0.25, 0.3) is 11.7 Å². The summed E-state index contributed by atoms with van der Waals surface area (Å²) in [6.45, 7) is 7.50. The lowest BCUT2D eigenvalue weighted by atomic mass is 10.2. The maximum Gasteiger partial charge on any atom is 0.267 e. The molecule has 3 aromatic rings. The number of ether oxygens (including phenoxy) is 3. The van der Waals surface area contributed by atoms with Crippen LogP contribution in [0.2, 0.25) is 0 Å². The monoisotopic (exact) mass is 552 g/mol. The van der Waals surface area contributed by atoms with Gasteiger partial charge in [0.05, 0.1) is 23.1 Å². The summed E-state index contributed by atoms with van der Waals surface area (Å²) in [5.41, 5.74) is 2.34. The van der Waals surface area contributed by atoms with Crippen molar-refractivity contribution in [1.82, 2.24) is 14.3 Å². The molecule has 1 aromatic carbocycles. The van der Waals surface area contributed by atoms with Crippen molar-refractivity contribution in [3.05, 3.63) is 68.5 Å². The Morgan fingerprint density at radius 2 is 2.05 bits per heavy atom. The average molecular weight is 553 g/mol. The fourth-order valence-electron chi connectivity index (χ4n) is 4.16. The van der Waals surface area contributed by atoms with Gasteiger partial charge in [-0.15, -0.1) is 0 Å². The number of nitrogens with zero attached hydrogens (tertiary/aromatic N) is 3. The third-order valence-corrected chi connectivity index (χ3v) is 7.45. The van der Waals surface area contributed by atoms with E-state index in [9.17, 15) is 9.59 Å². The molecule has 0 unspecified atom stereocenters. The topological polar surface area (TPSA) is 94.4 Å². The number of hydrogen-bond acceptors (Lipinski definition) is 9. The lowest BCUT2D eigenvalue weighted by Crippen LogP contribution is -2.27. The smallest absolute Gasteiger partial charge is 0.267 e. The van der Waals surface area contributed by atoms with Gasteiger partial charge in [0.25, 0.3) is 11.5 Å². The highest BCUT2D eigenvalue weighted by molar-refractivity contribution is 8.26. The second-order valence-corrected chi connectivity index (χ2v) is 10.9. The van der Waals surface area contributed by atoms with Gasteiger partial charge in [-0.3, -0.25) is 18.9 Å². The van der Waals surface area contributed by atoms with Crippen LogP contribution in [0, 0.1) is 6.92 Å². The summed E-state index contributed by atoms with van der Waals surface area (Å²) in [6, 6.07) is 9.25. The Morgan fingerprint density at radius 3 is 2.87 bits per heavy atom. The van der Waals surface area contributed by atoms with Gasteiger partial charge >= 0.3 is 0 Å². The van der Waals surface area contributed by atoms with E-state index in [0.717, 1.165) is 17.5 Å². The Balaban J connectivity index is 1.43. The molecule has 0 bridgehead atoms. The number of thioether (sulfide) groups is 1. The van der Waals surface area contributed by atoms with Gasteiger partial charge in [-0.05, 0) is 62.6 Å². The number of benzene rings is 1. The summed E-state index contributed by atoms with van der Waals surface area (Å²) in [6.07, 6.45) is 4.16. The fourth-order valence-corrected chi connectivity index (χ4v) is 5.40. The molecule has 2 aliphatic rings. The Labute approximate surface area is 229 Å². The predicted octanol–water partition coefficient (Wildman–Crippen LogP) is 4.36. The van der Waals surface area contributed by atoms with E-state index in [1.807, 2.05) is 45.0 Å². The standard InChI is InChI=1S/C27H28N4O5S2/c1-16(2)34-11-5-9-28-23-19(25(32)30-10-4-6-17(3)24(30)29-23)13-22-26(33)31(27(37)38-22)14-18-7-8-20-21(12-18)36-15-35-20/h4,6-8,10,12-13,16,28H,5,9,11,14-15H2,1-3H3/b22-13-. The molecule has 198 valence electrons. The highest BCUT2D eigenvalue weighted by Crippen LogP contribution is 2.36. The molecule has 38 heavy (non-hydrogen) atoms. The van der Waals surface area contributed by atoms with Crippen molar-refractivity contribution in [3.8, 4) is 11.5 Å². The summed E-state index contributed by atoms with van der Waals surface area (Å²) in [7, 11) is 0. The number of rotatable bonds is 9. The van der Waals surface area contributed by atoms with Crippen LogP contribution in [0.4, 0.5) is 5.82 Å². The number of hydrogen-bond donors (Lipinski definition) is 1. The third kappa shape index (κ3) is 5.40. The molecule has 9 nitrogen and oxygen atoms in total.